The second kappa shape index (κ2) is 11.2. The molecule has 1 aromatic heterocycles. The van der Waals surface area contributed by atoms with E-state index in [0.29, 0.717) is 30.5 Å². The van der Waals surface area contributed by atoms with E-state index in [1.807, 2.05) is 38.1 Å². The summed E-state index contributed by atoms with van der Waals surface area (Å²) in [6.45, 7) is 4.83. The van der Waals surface area contributed by atoms with Gasteiger partial charge in [-0.25, -0.2) is 14.8 Å². The highest BCUT2D eigenvalue weighted by atomic mass is 16.5. The van der Waals surface area contributed by atoms with Crippen LogP contribution in [0.2, 0.25) is 0 Å². The molecule has 0 aliphatic rings. The maximum Gasteiger partial charge on any atom is 0.321 e. The number of nitrogens with one attached hydrogen (secondary N) is 3. The van der Waals surface area contributed by atoms with Gasteiger partial charge in [-0.1, -0.05) is 29.8 Å². The number of amides is 3. The number of carbonyl (C=O) groups excluding carboxylic acids is 2. The normalized spacial score (nSPS) is 10.9. The van der Waals surface area contributed by atoms with Crippen LogP contribution in [0.15, 0.2) is 65.9 Å². The highest BCUT2D eigenvalue weighted by molar-refractivity contribution is 5.97. The average Bonchev–Trinajstić information content (AvgIpc) is 2.80. The van der Waals surface area contributed by atoms with Crippen LogP contribution >= 0.6 is 0 Å². The van der Waals surface area contributed by atoms with Gasteiger partial charge >= 0.3 is 6.03 Å². The van der Waals surface area contributed by atoms with E-state index in [2.05, 4.69) is 30.9 Å². The standard InChI is InChI=1S/C23H25N7O3/c1-3-26-23(32)30-22(27-12-16-6-4-15(2)5-7-16)28-17-8-10-18(11-9-17)33-20-14-25-13-19(29-20)21(24)31/h4-11,13-14H,3,12H2,1-2H3,(H2,24,31)(H3,26,27,28,30,32). The van der Waals surface area contributed by atoms with E-state index < -0.39 is 5.91 Å². The fraction of sp³-hybridized carbons (Fsp3) is 0.174. The number of nitrogens with two attached hydrogens (primary N) is 1. The fourth-order valence-electron chi connectivity index (χ4n) is 2.67. The van der Waals surface area contributed by atoms with Gasteiger partial charge in [0.2, 0.25) is 11.8 Å². The zero-order valence-corrected chi connectivity index (χ0v) is 18.3. The monoisotopic (exact) mass is 447 g/mol. The molecular weight excluding hydrogens is 422 g/mol. The molecule has 0 aliphatic carbocycles. The number of hydrogen-bond donors (Lipinski definition) is 4. The molecule has 0 aliphatic heterocycles. The molecule has 5 N–H and O–H groups in total. The van der Waals surface area contributed by atoms with Crippen molar-refractivity contribution in [2.75, 3.05) is 6.54 Å². The minimum Gasteiger partial charge on any atom is -0.437 e. The Bertz CT molecular complexity index is 1130. The Morgan fingerprint density at radius 3 is 2.42 bits per heavy atom. The fourth-order valence-corrected chi connectivity index (χ4v) is 2.67. The van der Waals surface area contributed by atoms with Gasteiger partial charge in [0.05, 0.1) is 18.1 Å². The van der Waals surface area contributed by atoms with Gasteiger partial charge in [-0.3, -0.25) is 15.1 Å². The van der Waals surface area contributed by atoms with Crippen LogP contribution in [0.3, 0.4) is 0 Å². The third-order valence-corrected chi connectivity index (χ3v) is 4.31. The summed E-state index contributed by atoms with van der Waals surface area (Å²) < 4.78 is 5.62. The molecule has 0 spiro atoms. The van der Waals surface area contributed by atoms with Gasteiger partial charge in [0.1, 0.15) is 11.4 Å². The van der Waals surface area contributed by atoms with Gasteiger partial charge in [-0.15, -0.1) is 0 Å². The molecule has 170 valence electrons. The Hall–Kier alpha value is -4.47. The SMILES string of the molecule is CCNC(=O)N/C(=N\c1ccc(Oc2cncc(C(N)=O)n2)cc1)NCc1ccc(C)cc1. The van der Waals surface area contributed by atoms with E-state index in [0.717, 1.165) is 5.56 Å². The minimum absolute atomic E-state index is 0.00874. The van der Waals surface area contributed by atoms with Crippen molar-refractivity contribution in [1.82, 2.24) is 25.9 Å². The first kappa shape index (κ1) is 23.2. The van der Waals surface area contributed by atoms with E-state index >= 15 is 0 Å². The molecule has 10 heteroatoms. The number of rotatable bonds is 7. The van der Waals surface area contributed by atoms with Crippen LogP contribution in [0.4, 0.5) is 10.5 Å². The molecule has 33 heavy (non-hydrogen) atoms. The molecule has 3 rings (SSSR count). The first-order valence-corrected chi connectivity index (χ1v) is 10.3. The van der Waals surface area contributed by atoms with Gasteiger partial charge < -0.3 is 21.1 Å². The molecule has 2 aromatic carbocycles. The van der Waals surface area contributed by atoms with Gasteiger partial charge in [-0.05, 0) is 43.7 Å². The van der Waals surface area contributed by atoms with Crippen molar-refractivity contribution in [1.29, 1.82) is 0 Å². The predicted molar refractivity (Wildman–Crippen MR) is 124 cm³/mol. The topological polar surface area (TPSA) is 144 Å². The molecule has 0 saturated carbocycles. The highest BCUT2D eigenvalue weighted by Gasteiger charge is 2.08. The van der Waals surface area contributed by atoms with Gasteiger partial charge in [0.25, 0.3) is 5.91 Å². The lowest BCUT2D eigenvalue weighted by Gasteiger charge is -2.12. The molecule has 0 atom stereocenters. The zero-order valence-electron chi connectivity index (χ0n) is 18.3. The lowest BCUT2D eigenvalue weighted by molar-refractivity contribution is 0.0994. The second-order valence-electron chi connectivity index (χ2n) is 6.99. The van der Waals surface area contributed by atoms with Crippen molar-refractivity contribution in [3.8, 4) is 11.6 Å². The Kier molecular flexibility index (Phi) is 7.90. The number of aromatic nitrogens is 2. The quantitative estimate of drug-likeness (QED) is 0.324. The Morgan fingerprint density at radius 1 is 1.03 bits per heavy atom. The van der Waals surface area contributed by atoms with E-state index in [4.69, 9.17) is 10.5 Å². The predicted octanol–water partition coefficient (Wildman–Crippen LogP) is 2.77. The summed E-state index contributed by atoms with van der Waals surface area (Å²) in [5.74, 6) is 0.217. The number of guanidine groups is 1. The van der Waals surface area contributed by atoms with Crippen LogP contribution in [-0.2, 0) is 6.54 Å². The summed E-state index contributed by atoms with van der Waals surface area (Å²) in [5.41, 5.74) is 8.03. The molecule has 10 nitrogen and oxygen atoms in total. The maximum atomic E-state index is 12.0. The lowest BCUT2D eigenvalue weighted by Crippen LogP contribution is -2.45. The second-order valence-corrected chi connectivity index (χ2v) is 6.99. The summed E-state index contributed by atoms with van der Waals surface area (Å²) in [6.07, 6.45) is 2.64. The summed E-state index contributed by atoms with van der Waals surface area (Å²) >= 11 is 0. The summed E-state index contributed by atoms with van der Waals surface area (Å²) in [4.78, 5) is 35.6. The number of ether oxygens (including phenoxy) is 1. The van der Waals surface area contributed by atoms with Crippen LogP contribution in [0.5, 0.6) is 11.6 Å². The van der Waals surface area contributed by atoms with E-state index in [9.17, 15) is 9.59 Å². The third kappa shape index (κ3) is 7.31. The zero-order chi connectivity index (χ0) is 23.6. The van der Waals surface area contributed by atoms with Gasteiger partial charge in [0, 0.05) is 13.1 Å². The van der Waals surface area contributed by atoms with Crippen LogP contribution in [0.25, 0.3) is 0 Å². The Labute approximate surface area is 191 Å². The first-order valence-electron chi connectivity index (χ1n) is 10.3. The molecular formula is C23H25N7O3. The number of benzene rings is 2. The number of hydrogen-bond acceptors (Lipinski definition) is 6. The van der Waals surface area contributed by atoms with E-state index in [-0.39, 0.29) is 17.6 Å². The molecule has 0 bridgehead atoms. The largest absolute Gasteiger partial charge is 0.437 e. The molecule has 3 aromatic rings. The summed E-state index contributed by atoms with van der Waals surface area (Å²) in [7, 11) is 0. The lowest BCUT2D eigenvalue weighted by atomic mass is 10.1. The van der Waals surface area contributed by atoms with Crippen molar-refractivity contribution in [3.05, 3.63) is 77.7 Å². The van der Waals surface area contributed by atoms with Crippen molar-refractivity contribution in [3.63, 3.8) is 0 Å². The van der Waals surface area contributed by atoms with E-state index in [1.165, 1.54) is 18.0 Å². The van der Waals surface area contributed by atoms with Crippen molar-refractivity contribution >= 4 is 23.6 Å². The Balaban J connectivity index is 1.72. The van der Waals surface area contributed by atoms with Crippen LogP contribution in [0.1, 0.15) is 28.5 Å². The smallest absolute Gasteiger partial charge is 0.321 e. The van der Waals surface area contributed by atoms with Crippen molar-refractivity contribution < 1.29 is 14.3 Å². The third-order valence-electron chi connectivity index (χ3n) is 4.31. The maximum absolute atomic E-state index is 12.0. The number of primary amides is 1. The van der Waals surface area contributed by atoms with Gasteiger partial charge in [-0.2, -0.15) is 0 Å². The highest BCUT2D eigenvalue weighted by Crippen LogP contribution is 2.22. The number of nitrogens with zero attached hydrogens (tertiary/aromatic N) is 3. The van der Waals surface area contributed by atoms with E-state index in [1.54, 1.807) is 24.3 Å². The van der Waals surface area contributed by atoms with Crippen molar-refractivity contribution in [2.24, 2.45) is 10.7 Å². The number of carbonyl (C=O) groups is 2. The molecule has 0 unspecified atom stereocenters. The molecule has 0 fully saturated rings. The molecule has 1 heterocycles. The number of urea groups is 1. The Morgan fingerprint density at radius 2 is 1.76 bits per heavy atom. The van der Waals surface area contributed by atoms with Crippen molar-refractivity contribution in [2.45, 2.75) is 20.4 Å². The average molecular weight is 447 g/mol. The number of aliphatic imine (C=N–C) groups is 1. The van der Waals surface area contributed by atoms with Crippen LogP contribution < -0.4 is 26.4 Å². The molecule has 0 saturated heterocycles. The van der Waals surface area contributed by atoms with Gasteiger partial charge in [0.15, 0.2) is 0 Å². The number of aryl methyl sites for hydroxylation is 1. The van der Waals surface area contributed by atoms with Crippen LogP contribution in [-0.4, -0.2) is 34.4 Å². The first-order chi connectivity index (χ1) is 15.9. The molecule has 0 radical (unpaired) electrons. The van der Waals surface area contributed by atoms with Crippen LogP contribution in [0, 0.1) is 6.92 Å². The molecule has 3 amide bonds. The minimum atomic E-state index is -0.692. The summed E-state index contributed by atoms with van der Waals surface area (Å²) in [5, 5.41) is 8.54. The summed E-state index contributed by atoms with van der Waals surface area (Å²) in [6, 6.07) is 14.5.